The number of Topliss-reactive ketones (excluding diaryl/α,β-unsaturated/α-hetero) is 2. The number of carbonyl (C=O) groups is 2. The molecule has 6 heteroatoms. The molecule has 104 valence electrons. The molecule has 0 saturated carbocycles. The molecule has 1 aromatic carbocycles. The number of ketones is 2. The fourth-order valence-electron chi connectivity index (χ4n) is 2.07. The second-order valence-electron chi connectivity index (χ2n) is 4.47. The highest BCUT2D eigenvalue weighted by Crippen LogP contribution is 2.15. The average Bonchev–Trinajstić information content (AvgIpc) is 2.91. The van der Waals surface area contributed by atoms with Crippen molar-refractivity contribution in [3.05, 3.63) is 66.0 Å². The van der Waals surface area contributed by atoms with Gasteiger partial charge in [0.25, 0.3) is 0 Å². The van der Waals surface area contributed by atoms with Crippen LogP contribution in [0.3, 0.4) is 0 Å². The highest BCUT2D eigenvalue weighted by Gasteiger charge is 2.19. The van der Waals surface area contributed by atoms with E-state index in [-0.39, 0.29) is 5.56 Å². The van der Waals surface area contributed by atoms with Crippen molar-refractivity contribution in [3.63, 3.8) is 0 Å². The van der Waals surface area contributed by atoms with Crippen molar-refractivity contribution in [1.82, 2.24) is 14.6 Å². The first-order chi connectivity index (χ1) is 10.2. The summed E-state index contributed by atoms with van der Waals surface area (Å²) in [6.07, 6.45) is 5.61. The van der Waals surface area contributed by atoms with E-state index in [1.807, 2.05) is 0 Å². The summed E-state index contributed by atoms with van der Waals surface area (Å²) >= 11 is 0. The van der Waals surface area contributed by atoms with Crippen LogP contribution in [0.25, 0.3) is 5.52 Å². The fourth-order valence-corrected chi connectivity index (χ4v) is 2.07. The summed E-state index contributed by atoms with van der Waals surface area (Å²) < 4.78 is 15.0. The lowest BCUT2D eigenvalue weighted by Crippen LogP contribution is -2.10. The monoisotopic (exact) mass is 283 g/mol. The van der Waals surface area contributed by atoms with E-state index < -0.39 is 23.8 Å². The van der Waals surface area contributed by atoms with Crippen LogP contribution in [0, 0.1) is 5.82 Å². The van der Waals surface area contributed by atoms with Crippen molar-refractivity contribution in [2.45, 2.75) is 6.42 Å². The quantitative estimate of drug-likeness (QED) is 0.544. The Labute approximate surface area is 119 Å². The molecule has 0 saturated heterocycles. The molecule has 2 heterocycles. The maximum atomic E-state index is 13.5. The lowest BCUT2D eigenvalue weighted by atomic mass is 10.0. The van der Waals surface area contributed by atoms with Crippen LogP contribution in [0.1, 0.15) is 27.1 Å². The Morgan fingerprint density at radius 1 is 1.10 bits per heavy atom. The molecule has 3 aromatic rings. The average molecular weight is 283 g/mol. The minimum absolute atomic E-state index is 0.0829. The SMILES string of the molecule is O=C(CC(=O)c1cnn2ccncc12)c1ccccc1F. The standard InChI is InChI=1S/C15H10FN3O2/c16-12-4-2-1-3-10(12)14(20)7-15(21)11-8-18-19-6-5-17-9-13(11)19/h1-6,8-9H,7H2. The molecule has 0 atom stereocenters. The summed E-state index contributed by atoms with van der Waals surface area (Å²) in [4.78, 5) is 28.1. The Hall–Kier alpha value is -2.89. The number of halogens is 1. The van der Waals surface area contributed by atoms with Gasteiger partial charge in [0, 0.05) is 12.4 Å². The lowest BCUT2D eigenvalue weighted by Gasteiger charge is -2.01. The number of aromatic nitrogens is 3. The van der Waals surface area contributed by atoms with E-state index in [1.165, 1.54) is 35.1 Å². The Balaban J connectivity index is 1.87. The third-order valence-corrected chi connectivity index (χ3v) is 3.12. The molecular weight excluding hydrogens is 273 g/mol. The Morgan fingerprint density at radius 3 is 2.67 bits per heavy atom. The number of rotatable bonds is 4. The zero-order valence-corrected chi connectivity index (χ0v) is 10.9. The van der Waals surface area contributed by atoms with Crippen LogP contribution in [0.15, 0.2) is 49.1 Å². The maximum Gasteiger partial charge on any atom is 0.174 e. The molecule has 0 bridgehead atoms. The summed E-state index contributed by atoms with van der Waals surface area (Å²) in [6, 6.07) is 5.60. The van der Waals surface area contributed by atoms with Gasteiger partial charge in [-0.05, 0) is 12.1 Å². The molecule has 0 aliphatic heterocycles. The van der Waals surface area contributed by atoms with E-state index in [9.17, 15) is 14.0 Å². The van der Waals surface area contributed by atoms with Gasteiger partial charge >= 0.3 is 0 Å². The Morgan fingerprint density at radius 2 is 1.86 bits per heavy atom. The number of hydrogen-bond acceptors (Lipinski definition) is 4. The van der Waals surface area contributed by atoms with Gasteiger partial charge in [0.05, 0.1) is 35.5 Å². The van der Waals surface area contributed by atoms with Crippen molar-refractivity contribution in [1.29, 1.82) is 0 Å². The normalized spacial score (nSPS) is 10.7. The number of carbonyl (C=O) groups excluding carboxylic acids is 2. The molecule has 0 fully saturated rings. The van der Waals surface area contributed by atoms with Crippen LogP contribution in [-0.2, 0) is 0 Å². The van der Waals surface area contributed by atoms with Gasteiger partial charge in [-0.25, -0.2) is 8.91 Å². The van der Waals surface area contributed by atoms with E-state index in [1.54, 1.807) is 18.5 Å². The highest BCUT2D eigenvalue weighted by atomic mass is 19.1. The molecule has 0 amide bonds. The second-order valence-corrected chi connectivity index (χ2v) is 4.47. The third-order valence-electron chi connectivity index (χ3n) is 3.12. The molecule has 5 nitrogen and oxygen atoms in total. The van der Waals surface area contributed by atoms with E-state index >= 15 is 0 Å². The minimum atomic E-state index is -0.628. The second kappa shape index (κ2) is 5.24. The number of benzene rings is 1. The topological polar surface area (TPSA) is 64.3 Å². The van der Waals surface area contributed by atoms with Crippen LogP contribution in [0.5, 0.6) is 0 Å². The van der Waals surface area contributed by atoms with E-state index in [0.717, 1.165) is 0 Å². The summed E-state index contributed by atoms with van der Waals surface area (Å²) in [6.45, 7) is 0. The van der Waals surface area contributed by atoms with Crippen molar-refractivity contribution in [2.24, 2.45) is 0 Å². The predicted molar refractivity (Wildman–Crippen MR) is 72.7 cm³/mol. The van der Waals surface area contributed by atoms with Gasteiger partial charge in [-0.15, -0.1) is 0 Å². The largest absolute Gasteiger partial charge is 0.294 e. The van der Waals surface area contributed by atoms with Crippen molar-refractivity contribution >= 4 is 17.1 Å². The third kappa shape index (κ3) is 2.43. The minimum Gasteiger partial charge on any atom is -0.294 e. The first-order valence-corrected chi connectivity index (χ1v) is 6.25. The van der Waals surface area contributed by atoms with Gasteiger partial charge in [-0.2, -0.15) is 5.10 Å². The first kappa shape index (κ1) is 13.1. The molecule has 3 rings (SSSR count). The van der Waals surface area contributed by atoms with Crippen molar-refractivity contribution < 1.29 is 14.0 Å². The lowest BCUT2D eigenvalue weighted by molar-refractivity contribution is 0.0893. The van der Waals surface area contributed by atoms with Crippen molar-refractivity contribution in [2.75, 3.05) is 0 Å². The van der Waals surface area contributed by atoms with Crippen LogP contribution < -0.4 is 0 Å². The van der Waals surface area contributed by atoms with Crippen LogP contribution in [0.2, 0.25) is 0 Å². The molecule has 0 spiro atoms. The molecule has 21 heavy (non-hydrogen) atoms. The van der Waals surface area contributed by atoms with Gasteiger partial charge < -0.3 is 0 Å². The fraction of sp³-hybridized carbons (Fsp3) is 0.0667. The summed E-state index contributed by atoms with van der Waals surface area (Å²) in [5.74, 6) is -1.59. The molecule has 2 aromatic heterocycles. The molecule has 0 N–H and O–H groups in total. The predicted octanol–water partition coefficient (Wildman–Crippen LogP) is 2.32. The van der Waals surface area contributed by atoms with Crippen LogP contribution in [0.4, 0.5) is 4.39 Å². The van der Waals surface area contributed by atoms with Crippen molar-refractivity contribution in [3.8, 4) is 0 Å². The molecule has 0 radical (unpaired) electrons. The van der Waals surface area contributed by atoms with Crippen LogP contribution in [-0.4, -0.2) is 26.2 Å². The Kier molecular flexibility index (Phi) is 3.27. The van der Waals surface area contributed by atoms with Gasteiger partial charge in [0.1, 0.15) is 5.82 Å². The Bertz CT molecular complexity index is 842. The summed E-state index contributed by atoms with van der Waals surface area (Å²) in [5.41, 5.74) is 0.733. The maximum absolute atomic E-state index is 13.5. The number of nitrogens with zero attached hydrogens (tertiary/aromatic N) is 3. The van der Waals surface area contributed by atoms with Crippen LogP contribution >= 0.6 is 0 Å². The van der Waals surface area contributed by atoms with E-state index in [0.29, 0.717) is 11.1 Å². The van der Waals surface area contributed by atoms with Gasteiger partial charge in [-0.3, -0.25) is 14.6 Å². The first-order valence-electron chi connectivity index (χ1n) is 6.25. The molecule has 0 unspecified atom stereocenters. The zero-order chi connectivity index (χ0) is 14.8. The summed E-state index contributed by atoms with van der Waals surface area (Å²) in [7, 11) is 0. The zero-order valence-electron chi connectivity index (χ0n) is 10.9. The smallest absolute Gasteiger partial charge is 0.174 e. The molecule has 0 aliphatic rings. The highest BCUT2D eigenvalue weighted by molar-refractivity contribution is 6.15. The van der Waals surface area contributed by atoms with Gasteiger partial charge in [-0.1, -0.05) is 12.1 Å². The molecular formula is C15H10FN3O2. The van der Waals surface area contributed by atoms with E-state index in [2.05, 4.69) is 10.1 Å². The summed E-state index contributed by atoms with van der Waals surface area (Å²) in [5, 5.41) is 4.01. The number of hydrogen-bond donors (Lipinski definition) is 0. The van der Waals surface area contributed by atoms with E-state index in [4.69, 9.17) is 0 Å². The number of fused-ring (bicyclic) bond motifs is 1. The van der Waals surface area contributed by atoms with Gasteiger partial charge in [0.15, 0.2) is 11.6 Å². The molecule has 0 aliphatic carbocycles. The van der Waals surface area contributed by atoms with Gasteiger partial charge in [0.2, 0.25) is 0 Å².